The van der Waals surface area contributed by atoms with Gasteiger partial charge in [-0.15, -0.1) is 0 Å². The second-order valence-electron chi connectivity index (χ2n) is 9.79. The van der Waals surface area contributed by atoms with Crippen molar-refractivity contribution in [3.05, 3.63) is 133 Å². The monoisotopic (exact) mass is 470 g/mol. The van der Waals surface area contributed by atoms with Crippen LogP contribution in [0.5, 0.6) is 0 Å². The van der Waals surface area contributed by atoms with Crippen LogP contribution >= 0.6 is 0 Å². The first-order valence-corrected chi connectivity index (χ1v) is 12.7. The molecule has 0 aliphatic heterocycles. The van der Waals surface area contributed by atoms with Gasteiger partial charge in [0.05, 0.1) is 22.9 Å². The molecule has 1 aromatic heterocycles. The van der Waals surface area contributed by atoms with Crippen molar-refractivity contribution in [1.82, 2.24) is 9.97 Å². The number of hydrogen-bond donors (Lipinski definition) is 0. The molecule has 8 rings (SSSR count). The molecule has 2 heteroatoms. The van der Waals surface area contributed by atoms with E-state index in [0.717, 1.165) is 39.5 Å². The number of rotatable bonds is 2. The standard InChI is InChI=1S/C35H22N2/c1-2-12-25-23(9-1)20-32-26(17-8-18-27(25)32)22-10-7-11-24(19-22)33-21-36-34-30-15-5-3-13-28(30)29-14-4-6-16-31(29)35(34)37-33/h1-19,21H,20H2. The van der Waals surface area contributed by atoms with Gasteiger partial charge in [0, 0.05) is 16.3 Å². The van der Waals surface area contributed by atoms with Crippen molar-refractivity contribution in [2.75, 3.05) is 0 Å². The first kappa shape index (κ1) is 20.4. The number of benzene rings is 6. The van der Waals surface area contributed by atoms with E-state index in [-0.39, 0.29) is 0 Å². The van der Waals surface area contributed by atoms with E-state index in [1.807, 2.05) is 6.20 Å². The smallest absolute Gasteiger partial charge is 0.0979 e. The third kappa shape index (κ3) is 3.06. The van der Waals surface area contributed by atoms with Crippen molar-refractivity contribution in [2.45, 2.75) is 6.42 Å². The molecule has 1 heterocycles. The van der Waals surface area contributed by atoms with E-state index in [0.29, 0.717) is 0 Å². The molecule has 1 aliphatic rings. The van der Waals surface area contributed by atoms with Crippen molar-refractivity contribution >= 4 is 32.6 Å². The van der Waals surface area contributed by atoms with Gasteiger partial charge >= 0.3 is 0 Å². The van der Waals surface area contributed by atoms with Gasteiger partial charge in [0.15, 0.2) is 0 Å². The van der Waals surface area contributed by atoms with Gasteiger partial charge in [-0.2, -0.15) is 0 Å². The van der Waals surface area contributed by atoms with Crippen LogP contribution in [-0.2, 0) is 6.42 Å². The molecule has 37 heavy (non-hydrogen) atoms. The average Bonchev–Trinajstić information content (AvgIpc) is 3.36. The lowest BCUT2D eigenvalue weighted by Gasteiger charge is -2.12. The van der Waals surface area contributed by atoms with Gasteiger partial charge < -0.3 is 0 Å². The van der Waals surface area contributed by atoms with E-state index in [1.54, 1.807) is 0 Å². The molecule has 0 atom stereocenters. The molecule has 2 nitrogen and oxygen atoms in total. The molecule has 0 saturated carbocycles. The second-order valence-corrected chi connectivity index (χ2v) is 9.79. The molecule has 0 fully saturated rings. The quantitative estimate of drug-likeness (QED) is 0.236. The Morgan fingerprint density at radius 1 is 0.486 bits per heavy atom. The Balaban J connectivity index is 1.30. The van der Waals surface area contributed by atoms with Crippen LogP contribution in [0.2, 0.25) is 0 Å². The van der Waals surface area contributed by atoms with E-state index in [2.05, 4.69) is 115 Å². The van der Waals surface area contributed by atoms with E-state index < -0.39 is 0 Å². The van der Waals surface area contributed by atoms with Gasteiger partial charge in [0.25, 0.3) is 0 Å². The van der Waals surface area contributed by atoms with E-state index in [4.69, 9.17) is 9.97 Å². The lowest BCUT2D eigenvalue weighted by atomic mass is 9.94. The number of fused-ring (bicyclic) bond motifs is 9. The summed E-state index contributed by atoms with van der Waals surface area (Å²) in [6.45, 7) is 0. The van der Waals surface area contributed by atoms with Crippen molar-refractivity contribution in [1.29, 1.82) is 0 Å². The zero-order valence-corrected chi connectivity index (χ0v) is 20.1. The van der Waals surface area contributed by atoms with Crippen molar-refractivity contribution in [3.8, 4) is 33.5 Å². The summed E-state index contributed by atoms with van der Waals surface area (Å²) in [6, 6.07) is 41.2. The van der Waals surface area contributed by atoms with Gasteiger partial charge in [0.1, 0.15) is 0 Å². The number of nitrogens with zero attached hydrogens (tertiary/aromatic N) is 2. The maximum atomic E-state index is 5.20. The minimum Gasteiger partial charge on any atom is -0.252 e. The van der Waals surface area contributed by atoms with Crippen LogP contribution < -0.4 is 0 Å². The summed E-state index contributed by atoms with van der Waals surface area (Å²) in [5.41, 5.74) is 11.9. The summed E-state index contributed by atoms with van der Waals surface area (Å²) in [6.07, 6.45) is 2.90. The maximum Gasteiger partial charge on any atom is 0.0979 e. The maximum absolute atomic E-state index is 5.20. The summed E-state index contributed by atoms with van der Waals surface area (Å²) in [5, 5.41) is 4.71. The first-order valence-electron chi connectivity index (χ1n) is 12.7. The molecule has 0 unspecified atom stereocenters. The van der Waals surface area contributed by atoms with Gasteiger partial charge in [-0.1, -0.05) is 109 Å². The molecule has 0 saturated heterocycles. The molecule has 1 aliphatic carbocycles. The van der Waals surface area contributed by atoms with Gasteiger partial charge in [-0.3, -0.25) is 4.98 Å². The molecular weight excluding hydrogens is 448 g/mol. The number of aromatic nitrogens is 2. The van der Waals surface area contributed by atoms with Gasteiger partial charge in [-0.05, 0) is 56.6 Å². The molecule has 0 radical (unpaired) electrons. The van der Waals surface area contributed by atoms with Gasteiger partial charge in [0.2, 0.25) is 0 Å². The molecule has 0 N–H and O–H groups in total. The predicted molar refractivity (Wildman–Crippen MR) is 154 cm³/mol. The number of hydrogen-bond acceptors (Lipinski definition) is 2. The Morgan fingerprint density at radius 3 is 1.95 bits per heavy atom. The largest absolute Gasteiger partial charge is 0.252 e. The third-order valence-electron chi connectivity index (χ3n) is 7.75. The molecule has 172 valence electrons. The summed E-state index contributed by atoms with van der Waals surface area (Å²) in [5.74, 6) is 0. The van der Waals surface area contributed by atoms with Crippen molar-refractivity contribution < 1.29 is 0 Å². The zero-order chi connectivity index (χ0) is 24.3. The molecule has 0 amide bonds. The first-order chi connectivity index (χ1) is 18.3. The Bertz CT molecular complexity index is 1980. The Morgan fingerprint density at radius 2 is 1.11 bits per heavy atom. The molecular formula is C35H22N2. The highest BCUT2D eigenvalue weighted by molar-refractivity contribution is 6.23. The fourth-order valence-electron chi connectivity index (χ4n) is 6.04. The Hall–Kier alpha value is -4.82. The van der Waals surface area contributed by atoms with Crippen LogP contribution in [0.15, 0.2) is 121 Å². The Kier molecular flexibility index (Phi) is 4.32. The highest BCUT2D eigenvalue weighted by Gasteiger charge is 2.21. The molecule has 6 aromatic carbocycles. The lowest BCUT2D eigenvalue weighted by molar-refractivity contribution is 1.26. The minimum atomic E-state index is 0.894. The van der Waals surface area contributed by atoms with Crippen LogP contribution in [0.25, 0.3) is 66.1 Å². The molecule has 0 bridgehead atoms. The highest BCUT2D eigenvalue weighted by atomic mass is 14.8. The van der Waals surface area contributed by atoms with Crippen LogP contribution in [-0.4, -0.2) is 9.97 Å². The third-order valence-corrected chi connectivity index (χ3v) is 7.75. The van der Waals surface area contributed by atoms with E-state index >= 15 is 0 Å². The van der Waals surface area contributed by atoms with Crippen LogP contribution in [0.1, 0.15) is 11.1 Å². The zero-order valence-electron chi connectivity index (χ0n) is 20.1. The Labute approximate surface area is 214 Å². The van der Waals surface area contributed by atoms with Crippen molar-refractivity contribution in [2.24, 2.45) is 0 Å². The predicted octanol–water partition coefficient (Wildman–Crippen LogP) is 8.84. The lowest BCUT2D eigenvalue weighted by Crippen LogP contribution is -1.93. The fraction of sp³-hybridized carbons (Fsp3) is 0.0286. The molecule has 7 aromatic rings. The summed E-state index contributed by atoms with van der Waals surface area (Å²) in [7, 11) is 0. The SMILES string of the molecule is c1cc(-c2cnc3c4ccccc4c4ccccc4c3n2)cc(-c2cccc3c2Cc2ccccc2-3)c1. The van der Waals surface area contributed by atoms with E-state index in [9.17, 15) is 0 Å². The highest BCUT2D eigenvalue weighted by Crippen LogP contribution is 2.42. The van der Waals surface area contributed by atoms with E-state index in [1.165, 1.54) is 44.2 Å². The van der Waals surface area contributed by atoms with Gasteiger partial charge in [-0.25, -0.2) is 4.98 Å². The van der Waals surface area contributed by atoms with Crippen molar-refractivity contribution in [3.63, 3.8) is 0 Å². The molecule has 0 spiro atoms. The summed E-state index contributed by atoms with van der Waals surface area (Å²) >= 11 is 0. The van der Waals surface area contributed by atoms with Crippen LogP contribution in [0.3, 0.4) is 0 Å². The second kappa shape index (κ2) is 7.84. The topological polar surface area (TPSA) is 25.8 Å². The van der Waals surface area contributed by atoms with Crippen LogP contribution in [0.4, 0.5) is 0 Å². The fourth-order valence-corrected chi connectivity index (χ4v) is 6.04. The summed E-state index contributed by atoms with van der Waals surface area (Å²) in [4.78, 5) is 10.2. The summed E-state index contributed by atoms with van der Waals surface area (Å²) < 4.78 is 0. The normalized spacial score (nSPS) is 12.2. The van der Waals surface area contributed by atoms with Crippen LogP contribution in [0, 0.1) is 0 Å². The average molecular weight is 471 g/mol. The minimum absolute atomic E-state index is 0.894.